The summed E-state index contributed by atoms with van der Waals surface area (Å²) in [5.41, 5.74) is 0.801. The number of nitrogens with one attached hydrogen (secondary N) is 1. The van der Waals surface area contributed by atoms with E-state index in [0.29, 0.717) is 12.5 Å². The normalized spacial score (nSPS) is 41.4. The number of rotatable bonds is 4. The molecule has 7 unspecified atom stereocenters. The van der Waals surface area contributed by atoms with Gasteiger partial charge in [-0.25, -0.2) is 4.99 Å². The Morgan fingerprint density at radius 2 is 1.97 bits per heavy atom. The van der Waals surface area contributed by atoms with Gasteiger partial charge < -0.3 is 10.1 Å². The smallest absolute Gasteiger partial charge is 0.232 e. The highest BCUT2D eigenvalue weighted by Crippen LogP contribution is 2.67. The van der Waals surface area contributed by atoms with Crippen LogP contribution in [-0.2, 0) is 16.1 Å². The molecule has 162 valence electrons. The Morgan fingerprint density at radius 3 is 2.70 bits per heavy atom. The first-order valence-electron chi connectivity index (χ1n) is 11.8. The summed E-state index contributed by atoms with van der Waals surface area (Å²) in [7, 11) is 0. The first kappa shape index (κ1) is 19.8. The van der Waals surface area contributed by atoms with Crippen molar-refractivity contribution in [2.75, 3.05) is 0 Å². The third-order valence-corrected chi connectivity index (χ3v) is 8.09. The molecule has 0 aromatic heterocycles. The third-order valence-electron chi connectivity index (χ3n) is 8.09. The topological polar surface area (TPSA) is 50.7 Å². The fourth-order valence-corrected chi connectivity index (χ4v) is 6.79. The van der Waals surface area contributed by atoms with E-state index in [2.05, 4.69) is 18.3 Å². The fourth-order valence-electron chi connectivity index (χ4n) is 6.79. The number of amides is 1. The maximum absolute atomic E-state index is 13.3. The van der Waals surface area contributed by atoms with E-state index in [4.69, 9.17) is 9.73 Å². The zero-order chi connectivity index (χ0) is 20.9. The molecule has 0 spiro atoms. The van der Waals surface area contributed by atoms with Gasteiger partial charge in [-0.05, 0) is 67.4 Å². The van der Waals surface area contributed by atoms with Crippen LogP contribution in [0.1, 0.15) is 59.9 Å². The molecule has 0 bridgehead atoms. The van der Waals surface area contributed by atoms with Gasteiger partial charge in [-0.3, -0.25) is 4.79 Å². The van der Waals surface area contributed by atoms with Crippen LogP contribution >= 0.6 is 0 Å². The minimum Gasteiger partial charge on any atom is -0.473 e. The monoisotopic (exact) mass is 408 g/mol. The molecule has 1 heterocycles. The van der Waals surface area contributed by atoms with Crippen LogP contribution in [0, 0.1) is 29.1 Å². The van der Waals surface area contributed by atoms with Crippen molar-refractivity contribution in [1.82, 2.24) is 5.32 Å². The molecular weight excluding hydrogens is 372 g/mol. The van der Waals surface area contributed by atoms with Crippen molar-refractivity contribution >= 4 is 11.8 Å². The summed E-state index contributed by atoms with van der Waals surface area (Å²) in [6, 6.07) is 10.2. The lowest BCUT2D eigenvalue weighted by molar-refractivity contribution is -0.176. The molecule has 4 nitrogen and oxygen atoms in total. The first-order valence-corrected chi connectivity index (χ1v) is 11.8. The summed E-state index contributed by atoms with van der Waals surface area (Å²) in [4.78, 5) is 18.0. The number of dihydropyridines is 1. The van der Waals surface area contributed by atoms with Crippen molar-refractivity contribution < 1.29 is 11.0 Å². The SMILES string of the molecule is CC.CC1CC2CC3CC(NC(=O)C45C=CC(OCc6ccccc6)=NC4C5)(C1)C23.[HH]. The highest BCUT2D eigenvalue weighted by Gasteiger charge is 2.68. The van der Waals surface area contributed by atoms with Gasteiger partial charge in [0.05, 0.1) is 11.5 Å². The van der Waals surface area contributed by atoms with Crippen LogP contribution < -0.4 is 5.32 Å². The van der Waals surface area contributed by atoms with E-state index in [1.165, 1.54) is 19.3 Å². The molecule has 1 amide bonds. The number of hydrogen-bond donors (Lipinski definition) is 1. The van der Waals surface area contributed by atoms with E-state index in [1.54, 1.807) is 0 Å². The van der Waals surface area contributed by atoms with Crippen LogP contribution in [0.25, 0.3) is 0 Å². The van der Waals surface area contributed by atoms with E-state index in [9.17, 15) is 4.79 Å². The molecule has 6 rings (SSSR count). The van der Waals surface area contributed by atoms with Gasteiger partial charge >= 0.3 is 0 Å². The molecule has 4 heteroatoms. The Labute approximate surface area is 181 Å². The minimum atomic E-state index is -0.417. The summed E-state index contributed by atoms with van der Waals surface area (Å²) in [6.45, 7) is 6.87. The van der Waals surface area contributed by atoms with Gasteiger partial charge in [-0.2, -0.15) is 0 Å². The maximum Gasteiger partial charge on any atom is 0.232 e. The van der Waals surface area contributed by atoms with Crippen molar-refractivity contribution in [2.45, 2.75) is 71.1 Å². The zero-order valence-corrected chi connectivity index (χ0v) is 18.4. The number of carbonyl (C=O) groups excluding carboxylic acids is 1. The number of ether oxygens (including phenoxy) is 1. The van der Waals surface area contributed by atoms with Crippen molar-refractivity contribution in [3.63, 3.8) is 0 Å². The second-order valence-electron chi connectivity index (χ2n) is 9.98. The van der Waals surface area contributed by atoms with Gasteiger partial charge in [-0.1, -0.05) is 57.2 Å². The highest BCUT2D eigenvalue weighted by atomic mass is 16.5. The van der Waals surface area contributed by atoms with E-state index >= 15 is 0 Å². The van der Waals surface area contributed by atoms with Gasteiger partial charge in [0.15, 0.2) is 0 Å². The molecule has 1 aromatic rings. The average molecular weight is 409 g/mol. The molecule has 0 saturated heterocycles. The summed E-state index contributed by atoms with van der Waals surface area (Å²) in [5, 5.41) is 3.55. The van der Waals surface area contributed by atoms with Crippen molar-refractivity contribution in [2.24, 2.45) is 34.1 Å². The van der Waals surface area contributed by atoms with Crippen LogP contribution in [0.5, 0.6) is 0 Å². The summed E-state index contributed by atoms with van der Waals surface area (Å²) >= 11 is 0. The number of carbonyl (C=O) groups is 1. The van der Waals surface area contributed by atoms with E-state index in [1.807, 2.05) is 50.3 Å². The van der Waals surface area contributed by atoms with Crippen LogP contribution in [0.3, 0.4) is 0 Å². The molecule has 0 radical (unpaired) electrons. The predicted molar refractivity (Wildman–Crippen MR) is 121 cm³/mol. The molecule has 1 aliphatic heterocycles. The summed E-state index contributed by atoms with van der Waals surface area (Å²) < 4.78 is 5.85. The maximum atomic E-state index is 13.3. The standard InChI is InChI=1S/C24H28N2O2.C2H6.H2/c1-15-9-17-10-18-12-24(11-15,21(17)18)26-22(27)23-8-7-20(25-19(23)13-23)28-14-16-5-3-2-4-6-16;1-2;/h2-8,15,17-19,21H,9-14H2,1H3,(H,26,27);1-2H3;1H. The zero-order valence-electron chi connectivity index (χ0n) is 18.4. The number of aliphatic imine (C=N–C) groups is 1. The quantitative estimate of drug-likeness (QED) is 0.750. The van der Waals surface area contributed by atoms with Gasteiger partial charge in [-0.15, -0.1) is 0 Å². The second kappa shape index (κ2) is 7.25. The number of hydrogen-bond acceptors (Lipinski definition) is 3. The average Bonchev–Trinajstić information content (AvgIpc) is 3.47. The molecule has 30 heavy (non-hydrogen) atoms. The molecule has 1 N–H and O–H groups in total. The Kier molecular flexibility index (Phi) is 4.79. The highest BCUT2D eigenvalue weighted by molar-refractivity contribution is 5.97. The number of fused-ring (bicyclic) bond motifs is 1. The molecule has 7 atom stereocenters. The van der Waals surface area contributed by atoms with Crippen LogP contribution in [0.2, 0.25) is 0 Å². The van der Waals surface area contributed by atoms with E-state index in [0.717, 1.165) is 42.1 Å². The van der Waals surface area contributed by atoms with E-state index in [-0.39, 0.29) is 18.9 Å². The van der Waals surface area contributed by atoms with Crippen molar-refractivity contribution in [3.8, 4) is 0 Å². The Hall–Kier alpha value is -2.10. The Balaban J connectivity index is 0.000000750. The molecule has 1 aromatic carbocycles. The van der Waals surface area contributed by atoms with Gasteiger partial charge in [0.1, 0.15) is 6.61 Å². The molecule has 4 fully saturated rings. The lowest BCUT2D eigenvalue weighted by Crippen LogP contribution is -2.74. The van der Waals surface area contributed by atoms with Crippen LogP contribution in [0.4, 0.5) is 0 Å². The molecule has 5 aliphatic rings. The summed E-state index contributed by atoms with van der Waals surface area (Å²) in [5.74, 6) is 4.08. The van der Waals surface area contributed by atoms with Crippen LogP contribution in [0.15, 0.2) is 47.5 Å². The molecular formula is C26H36N2O2. The van der Waals surface area contributed by atoms with Crippen molar-refractivity contribution in [1.29, 1.82) is 0 Å². The summed E-state index contributed by atoms with van der Waals surface area (Å²) in [6.07, 6.45) is 9.89. The van der Waals surface area contributed by atoms with Crippen molar-refractivity contribution in [3.05, 3.63) is 48.0 Å². The minimum absolute atomic E-state index is 0. The van der Waals surface area contributed by atoms with Gasteiger partial charge in [0, 0.05) is 6.97 Å². The lowest BCUT2D eigenvalue weighted by atomic mass is 9.39. The van der Waals surface area contributed by atoms with E-state index < -0.39 is 5.41 Å². The van der Waals surface area contributed by atoms with Gasteiger partial charge in [0.2, 0.25) is 11.8 Å². The number of nitrogens with zero attached hydrogens (tertiary/aromatic N) is 1. The number of benzene rings is 1. The van der Waals surface area contributed by atoms with Gasteiger partial charge in [0.25, 0.3) is 0 Å². The van der Waals surface area contributed by atoms with Crippen LogP contribution in [-0.4, -0.2) is 23.4 Å². The largest absolute Gasteiger partial charge is 0.473 e. The predicted octanol–water partition coefficient (Wildman–Crippen LogP) is 5.14. The first-order chi connectivity index (χ1) is 14.6. The second-order valence-corrected chi connectivity index (χ2v) is 9.98. The fraction of sp³-hybridized carbons (Fsp3) is 0.615. The Bertz CT molecular complexity index is 885. The molecule has 4 saturated carbocycles. The molecule has 4 aliphatic carbocycles. The third kappa shape index (κ3) is 3.02. The Morgan fingerprint density at radius 1 is 1.17 bits per heavy atom. The lowest BCUT2D eigenvalue weighted by Gasteiger charge is -2.70.